The van der Waals surface area contributed by atoms with Gasteiger partial charge in [0.25, 0.3) is 0 Å². The largest absolute Gasteiger partial charge is 0.383 e. The van der Waals surface area contributed by atoms with Crippen molar-refractivity contribution in [3.05, 3.63) is 46.1 Å². The fourth-order valence-electron chi connectivity index (χ4n) is 2.33. The minimum Gasteiger partial charge on any atom is -0.383 e. The summed E-state index contributed by atoms with van der Waals surface area (Å²) in [6, 6.07) is 10.1. The van der Waals surface area contributed by atoms with E-state index in [-0.39, 0.29) is 0 Å². The third kappa shape index (κ3) is 2.49. The average molecular weight is 343 g/mol. The number of pyridine rings is 1. The number of para-hydroxylation sites is 1. The minimum atomic E-state index is 0.449. The van der Waals surface area contributed by atoms with Gasteiger partial charge in [-0.1, -0.05) is 25.1 Å². The molecule has 0 spiro atoms. The second-order valence-corrected chi connectivity index (χ2v) is 5.68. The third-order valence-electron chi connectivity index (χ3n) is 3.43. The van der Waals surface area contributed by atoms with Crippen LogP contribution in [0.3, 0.4) is 0 Å². The highest BCUT2D eigenvalue weighted by atomic mass is 79.9. The average Bonchev–Trinajstić information content (AvgIpc) is 2.50. The van der Waals surface area contributed by atoms with Crippen LogP contribution in [0, 0.1) is 6.92 Å². The molecule has 0 amide bonds. The van der Waals surface area contributed by atoms with E-state index in [1.54, 1.807) is 0 Å². The van der Waals surface area contributed by atoms with E-state index in [0.717, 1.165) is 38.7 Å². The van der Waals surface area contributed by atoms with Crippen LogP contribution in [0.5, 0.6) is 0 Å². The van der Waals surface area contributed by atoms with Gasteiger partial charge in [-0.2, -0.15) is 0 Å². The number of nitrogens with two attached hydrogens (primary N) is 1. The van der Waals surface area contributed by atoms with Gasteiger partial charge in [0.1, 0.15) is 11.5 Å². The van der Waals surface area contributed by atoms with E-state index in [4.69, 9.17) is 5.73 Å². The molecular formula is C16H15BrN4. The lowest BCUT2D eigenvalue weighted by molar-refractivity contribution is 0.990. The number of hydrogen-bond donors (Lipinski definition) is 1. The van der Waals surface area contributed by atoms with Crippen LogP contribution in [0.15, 0.2) is 34.8 Å². The van der Waals surface area contributed by atoms with E-state index in [1.807, 2.05) is 31.2 Å². The maximum atomic E-state index is 5.96. The number of fused-ring (bicyclic) bond motifs is 1. The van der Waals surface area contributed by atoms with Crippen LogP contribution < -0.4 is 5.73 Å². The Hall–Kier alpha value is -2.01. The SMILES string of the molecule is CCc1nc(-c2cc(C)c3ccccc3n2)nc(N)c1Br. The Bertz CT molecular complexity index is 830. The van der Waals surface area contributed by atoms with E-state index in [2.05, 4.69) is 43.9 Å². The highest BCUT2D eigenvalue weighted by Crippen LogP contribution is 2.27. The molecule has 0 atom stereocenters. The first-order chi connectivity index (χ1) is 10.1. The van der Waals surface area contributed by atoms with Crippen molar-refractivity contribution >= 4 is 32.7 Å². The lowest BCUT2D eigenvalue weighted by atomic mass is 10.1. The molecule has 0 aliphatic rings. The van der Waals surface area contributed by atoms with Crippen molar-refractivity contribution in [2.45, 2.75) is 20.3 Å². The van der Waals surface area contributed by atoms with Crippen LogP contribution in [0.2, 0.25) is 0 Å². The summed E-state index contributed by atoms with van der Waals surface area (Å²) in [4.78, 5) is 13.6. The van der Waals surface area contributed by atoms with Crippen molar-refractivity contribution in [2.24, 2.45) is 0 Å². The van der Waals surface area contributed by atoms with E-state index < -0.39 is 0 Å². The lowest BCUT2D eigenvalue weighted by Crippen LogP contribution is -2.03. The molecular weight excluding hydrogens is 328 g/mol. The first kappa shape index (κ1) is 13.9. The monoisotopic (exact) mass is 342 g/mol. The van der Waals surface area contributed by atoms with Crippen molar-refractivity contribution in [1.82, 2.24) is 15.0 Å². The molecule has 0 unspecified atom stereocenters. The fraction of sp³-hybridized carbons (Fsp3) is 0.188. The Labute approximate surface area is 131 Å². The number of hydrogen-bond acceptors (Lipinski definition) is 4. The van der Waals surface area contributed by atoms with E-state index in [1.165, 1.54) is 0 Å². The predicted octanol–water partition coefficient (Wildman–Crippen LogP) is 3.91. The predicted molar refractivity (Wildman–Crippen MR) is 89.0 cm³/mol. The summed E-state index contributed by atoms with van der Waals surface area (Å²) < 4.78 is 0.770. The zero-order valence-electron chi connectivity index (χ0n) is 11.9. The van der Waals surface area contributed by atoms with E-state index >= 15 is 0 Å². The first-order valence-electron chi connectivity index (χ1n) is 6.78. The number of aryl methyl sites for hydroxylation is 2. The lowest BCUT2D eigenvalue weighted by Gasteiger charge is -2.09. The molecule has 0 saturated carbocycles. The van der Waals surface area contributed by atoms with Crippen LogP contribution in [0.1, 0.15) is 18.2 Å². The summed E-state index contributed by atoms with van der Waals surface area (Å²) >= 11 is 3.43. The number of anilines is 1. The topological polar surface area (TPSA) is 64.7 Å². The van der Waals surface area contributed by atoms with Crippen molar-refractivity contribution in [3.63, 3.8) is 0 Å². The molecule has 2 N–H and O–H groups in total. The molecule has 0 bridgehead atoms. The molecule has 0 saturated heterocycles. The highest BCUT2D eigenvalue weighted by molar-refractivity contribution is 9.10. The van der Waals surface area contributed by atoms with Gasteiger partial charge in [0, 0.05) is 5.39 Å². The number of aromatic nitrogens is 3. The molecule has 1 aromatic carbocycles. The molecule has 2 aromatic heterocycles. The van der Waals surface area contributed by atoms with Gasteiger partial charge in [-0.05, 0) is 47.0 Å². The smallest absolute Gasteiger partial charge is 0.180 e. The summed E-state index contributed by atoms with van der Waals surface area (Å²) in [6.45, 7) is 4.10. The van der Waals surface area contributed by atoms with Gasteiger partial charge in [-0.15, -0.1) is 0 Å². The quantitative estimate of drug-likeness (QED) is 0.766. The van der Waals surface area contributed by atoms with Crippen molar-refractivity contribution in [2.75, 3.05) is 5.73 Å². The molecule has 21 heavy (non-hydrogen) atoms. The molecule has 4 nitrogen and oxygen atoms in total. The second kappa shape index (κ2) is 5.41. The molecule has 2 heterocycles. The Morgan fingerprint density at radius 1 is 1.14 bits per heavy atom. The maximum absolute atomic E-state index is 5.96. The van der Waals surface area contributed by atoms with Gasteiger partial charge in [-0.3, -0.25) is 0 Å². The zero-order valence-corrected chi connectivity index (χ0v) is 13.5. The van der Waals surface area contributed by atoms with Crippen LogP contribution in [-0.2, 0) is 6.42 Å². The van der Waals surface area contributed by atoms with Crippen LogP contribution >= 0.6 is 15.9 Å². The van der Waals surface area contributed by atoms with Crippen LogP contribution in [0.25, 0.3) is 22.4 Å². The minimum absolute atomic E-state index is 0.449. The summed E-state index contributed by atoms with van der Waals surface area (Å²) in [7, 11) is 0. The second-order valence-electron chi connectivity index (χ2n) is 4.89. The number of nitrogen functional groups attached to an aromatic ring is 1. The molecule has 0 radical (unpaired) electrons. The van der Waals surface area contributed by atoms with Gasteiger partial charge < -0.3 is 5.73 Å². The molecule has 3 aromatic rings. The Morgan fingerprint density at radius 2 is 1.90 bits per heavy atom. The summed E-state index contributed by atoms with van der Waals surface area (Å²) in [6.07, 6.45) is 0.785. The Morgan fingerprint density at radius 3 is 2.67 bits per heavy atom. The number of nitrogens with zero attached hydrogens (tertiary/aromatic N) is 3. The van der Waals surface area contributed by atoms with E-state index in [0.29, 0.717) is 11.6 Å². The molecule has 0 aliphatic heterocycles. The van der Waals surface area contributed by atoms with Crippen molar-refractivity contribution in [3.8, 4) is 11.5 Å². The molecule has 5 heteroatoms. The normalized spacial score (nSPS) is 11.0. The van der Waals surface area contributed by atoms with Gasteiger partial charge in [0.15, 0.2) is 5.82 Å². The Balaban J connectivity index is 2.23. The molecule has 3 rings (SSSR count). The van der Waals surface area contributed by atoms with Gasteiger partial charge in [-0.25, -0.2) is 15.0 Å². The zero-order chi connectivity index (χ0) is 15.0. The van der Waals surface area contributed by atoms with Gasteiger partial charge >= 0.3 is 0 Å². The van der Waals surface area contributed by atoms with Crippen LogP contribution in [0.4, 0.5) is 5.82 Å². The number of halogens is 1. The first-order valence-corrected chi connectivity index (χ1v) is 7.58. The highest BCUT2D eigenvalue weighted by Gasteiger charge is 2.12. The standard InChI is InChI=1S/C16H15BrN4/c1-3-11-14(17)15(18)21-16(20-11)13-8-9(2)10-6-4-5-7-12(10)19-13/h4-8H,3H2,1-2H3,(H2,18,20,21). The maximum Gasteiger partial charge on any atom is 0.180 e. The van der Waals surface area contributed by atoms with Crippen molar-refractivity contribution < 1.29 is 0 Å². The summed E-state index contributed by atoms with van der Waals surface area (Å²) in [5.74, 6) is 1.02. The van der Waals surface area contributed by atoms with Gasteiger partial charge in [0.2, 0.25) is 0 Å². The van der Waals surface area contributed by atoms with Crippen LogP contribution in [-0.4, -0.2) is 15.0 Å². The summed E-state index contributed by atoms with van der Waals surface area (Å²) in [5, 5.41) is 1.14. The molecule has 0 aliphatic carbocycles. The third-order valence-corrected chi connectivity index (χ3v) is 4.30. The Kier molecular flexibility index (Phi) is 3.59. The van der Waals surface area contributed by atoms with E-state index in [9.17, 15) is 0 Å². The number of rotatable bonds is 2. The molecule has 106 valence electrons. The summed E-state index contributed by atoms with van der Waals surface area (Å²) in [5.41, 5.74) is 9.70. The number of benzene rings is 1. The molecule has 0 fully saturated rings. The van der Waals surface area contributed by atoms with Gasteiger partial charge in [0.05, 0.1) is 15.7 Å². The fourth-order valence-corrected chi connectivity index (χ4v) is 2.78. The van der Waals surface area contributed by atoms with Crippen molar-refractivity contribution in [1.29, 1.82) is 0 Å².